The highest BCUT2D eigenvalue weighted by Gasteiger charge is 2.27. The maximum absolute atomic E-state index is 13.4. The van der Waals surface area contributed by atoms with Gasteiger partial charge in [-0.1, -0.05) is 35.3 Å². The van der Waals surface area contributed by atoms with E-state index in [-0.39, 0.29) is 17.3 Å². The molecule has 35 heavy (non-hydrogen) atoms. The SMILES string of the molecule is COc1ccc(S(=O)(=O)N(CC(=O)NCCCSCc2ccc(Cl)cc2)c2ccc(Cl)cc2)cc1. The Morgan fingerprint density at radius 2 is 1.54 bits per heavy atom. The van der Waals surface area contributed by atoms with Gasteiger partial charge in [0.1, 0.15) is 12.3 Å². The van der Waals surface area contributed by atoms with Gasteiger partial charge in [0.25, 0.3) is 10.0 Å². The lowest BCUT2D eigenvalue weighted by molar-refractivity contribution is -0.119. The van der Waals surface area contributed by atoms with Crippen LogP contribution in [0.1, 0.15) is 12.0 Å². The van der Waals surface area contributed by atoms with Gasteiger partial charge in [0.15, 0.2) is 0 Å². The average molecular weight is 554 g/mol. The van der Waals surface area contributed by atoms with Gasteiger partial charge in [-0.15, -0.1) is 0 Å². The number of hydrogen-bond acceptors (Lipinski definition) is 5. The third-order valence-corrected chi connectivity index (χ3v) is 8.43. The molecule has 0 heterocycles. The van der Waals surface area contributed by atoms with E-state index in [0.29, 0.717) is 28.0 Å². The zero-order chi connectivity index (χ0) is 25.3. The van der Waals surface area contributed by atoms with Crippen molar-refractivity contribution in [3.05, 3.63) is 88.4 Å². The quantitative estimate of drug-likeness (QED) is 0.294. The molecular formula is C25H26Cl2N2O4S2. The number of carbonyl (C=O) groups is 1. The Morgan fingerprint density at radius 3 is 2.14 bits per heavy atom. The largest absolute Gasteiger partial charge is 0.497 e. The number of anilines is 1. The molecule has 6 nitrogen and oxygen atoms in total. The molecule has 3 aromatic rings. The number of halogens is 2. The summed E-state index contributed by atoms with van der Waals surface area (Å²) in [5.41, 5.74) is 1.53. The Kier molecular flexibility index (Phi) is 10.2. The molecule has 0 aliphatic carbocycles. The predicted molar refractivity (Wildman–Crippen MR) is 144 cm³/mol. The van der Waals surface area contributed by atoms with Crippen LogP contribution < -0.4 is 14.4 Å². The molecule has 0 unspecified atom stereocenters. The molecule has 10 heteroatoms. The van der Waals surface area contributed by atoms with E-state index in [1.165, 1.54) is 24.8 Å². The standard InChI is InChI=1S/C25H26Cl2N2O4S2/c1-33-23-11-13-24(14-12-23)35(31,32)29(22-9-7-21(27)8-10-22)17-25(30)28-15-2-16-34-18-19-3-5-20(26)6-4-19/h3-14H,2,15-18H2,1H3,(H,28,30). The number of methoxy groups -OCH3 is 1. The van der Waals surface area contributed by atoms with E-state index in [9.17, 15) is 13.2 Å². The number of sulfonamides is 1. The molecule has 0 radical (unpaired) electrons. The van der Waals surface area contributed by atoms with Crippen LogP contribution in [-0.2, 0) is 20.6 Å². The first-order chi connectivity index (χ1) is 16.8. The molecule has 0 saturated heterocycles. The molecule has 0 aliphatic rings. The van der Waals surface area contributed by atoms with E-state index in [0.717, 1.165) is 22.2 Å². The molecular weight excluding hydrogens is 527 g/mol. The van der Waals surface area contributed by atoms with Crippen molar-refractivity contribution < 1.29 is 17.9 Å². The fourth-order valence-electron chi connectivity index (χ4n) is 3.16. The lowest BCUT2D eigenvalue weighted by Gasteiger charge is -2.24. The molecule has 0 bridgehead atoms. The van der Waals surface area contributed by atoms with E-state index >= 15 is 0 Å². The highest BCUT2D eigenvalue weighted by molar-refractivity contribution is 7.98. The normalized spacial score (nSPS) is 11.2. The van der Waals surface area contributed by atoms with E-state index < -0.39 is 10.0 Å². The van der Waals surface area contributed by atoms with Crippen molar-refractivity contribution in [2.24, 2.45) is 0 Å². The third kappa shape index (κ3) is 8.07. The van der Waals surface area contributed by atoms with Gasteiger partial charge in [0.2, 0.25) is 5.91 Å². The van der Waals surface area contributed by atoms with Gasteiger partial charge < -0.3 is 10.1 Å². The number of nitrogens with one attached hydrogen (secondary N) is 1. The molecule has 0 aromatic heterocycles. The first kappa shape index (κ1) is 27.2. The van der Waals surface area contributed by atoms with Crippen LogP contribution in [0.5, 0.6) is 5.75 Å². The second-order valence-corrected chi connectivity index (χ2v) is 11.4. The Hall–Kier alpha value is -2.39. The van der Waals surface area contributed by atoms with Crippen molar-refractivity contribution in [1.82, 2.24) is 5.32 Å². The number of rotatable bonds is 12. The number of nitrogens with zero attached hydrogens (tertiary/aromatic N) is 1. The van der Waals surface area contributed by atoms with Gasteiger partial charge in [-0.2, -0.15) is 11.8 Å². The van der Waals surface area contributed by atoms with E-state index in [4.69, 9.17) is 27.9 Å². The molecule has 1 amide bonds. The van der Waals surface area contributed by atoms with Crippen LogP contribution in [0.2, 0.25) is 10.0 Å². The highest BCUT2D eigenvalue weighted by atomic mass is 35.5. The highest BCUT2D eigenvalue weighted by Crippen LogP contribution is 2.26. The number of ether oxygens (including phenoxy) is 1. The zero-order valence-electron chi connectivity index (χ0n) is 19.1. The molecule has 3 aromatic carbocycles. The summed E-state index contributed by atoms with van der Waals surface area (Å²) in [5, 5.41) is 4.00. The molecule has 0 saturated carbocycles. The molecule has 0 spiro atoms. The van der Waals surface area contributed by atoms with E-state index in [2.05, 4.69) is 5.32 Å². The van der Waals surface area contributed by atoms with Gasteiger partial charge >= 0.3 is 0 Å². The van der Waals surface area contributed by atoms with Crippen molar-refractivity contribution >= 4 is 56.6 Å². The summed E-state index contributed by atoms with van der Waals surface area (Å²) < 4.78 is 33.0. The van der Waals surface area contributed by atoms with Crippen molar-refractivity contribution in [3.63, 3.8) is 0 Å². The number of hydrogen-bond donors (Lipinski definition) is 1. The topological polar surface area (TPSA) is 75.7 Å². The molecule has 186 valence electrons. The van der Waals surface area contributed by atoms with Gasteiger partial charge in [-0.25, -0.2) is 8.42 Å². The molecule has 3 rings (SSSR count). The zero-order valence-corrected chi connectivity index (χ0v) is 22.3. The number of carbonyl (C=O) groups excluding carboxylic acids is 1. The van der Waals surface area contributed by atoms with Crippen molar-refractivity contribution in [1.29, 1.82) is 0 Å². The second-order valence-electron chi connectivity index (χ2n) is 7.55. The predicted octanol–water partition coefficient (Wildman–Crippen LogP) is 5.64. The summed E-state index contributed by atoms with van der Waals surface area (Å²) in [5.74, 6) is 1.86. The molecule has 0 aliphatic heterocycles. The van der Waals surface area contributed by atoms with Crippen molar-refractivity contribution in [2.45, 2.75) is 17.1 Å². The Balaban J connectivity index is 1.59. The van der Waals surface area contributed by atoms with Crippen LogP contribution in [0.3, 0.4) is 0 Å². The van der Waals surface area contributed by atoms with Crippen LogP contribution in [-0.4, -0.2) is 40.3 Å². The number of benzene rings is 3. The summed E-state index contributed by atoms with van der Waals surface area (Å²) in [6, 6.07) is 20.1. The van der Waals surface area contributed by atoms with Crippen molar-refractivity contribution in [2.75, 3.05) is 30.3 Å². The van der Waals surface area contributed by atoms with Crippen LogP contribution in [0.15, 0.2) is 77.7 Å². The van der Waals surface area contributed by atoms with Gasteiger partial charge in [0.05, 0.1) is 17.7 Å². The van der Waals surface area contributed by atoms with E-state index in [1.54, 1.807) is 48.2 Å². The fraction of sp³-hybridized carbons (Fsp3) is 0.240. The molecule has 1 N–H and O–H groups in total. The Bertz CT molecular complexity index is 1200. The Morgan fingerprint density at radius 1 is 0.943 bits per heavy atom. The number of thioether (sulfide) groups is 1. The van der Waals surface area contributed by atoms with Gasteiger partial charge in [-0.05, 0) is 78.4 Å². The third-order valence-electron chi connectivity index (χ3n) is 5.02. The van der Waals surface area contributed by atoms with Crippen LogP contribution in [0.25, 0.3) is 0 Å². The summed E-state index contributed by atoms with van der Waals surface area (Å²) in [7, 11) is -2.50. The summed E-state index contributed by atoms with van der Waals surface area (Å²) >= 11 is 13.6. The van der Waals surface area contributed by atoms with Gasteiger partial charge in [-0.3, -0.25) is 9.10 Å². The summed E-state index contributed by atoms with van der Waals surface area (Å²) in [4.78, 5) is 12.7. The minimum atomic E-state index is -4.00. The molecule has 0 fully saturated rings. The minimum absolute atomic E-state index is 0.0552. The first-order valence-electron chi connectivity index (χ1n) is 10.8. The van der Waals surface area contributed by atoms with Crippen LogP contribution in [0, 0.1) is 0 Å². The lowest BCUT2D eigenvalue weighted by atomic mass is 10.2. The van der Waals surface area contributed by atoms with E-state index in [1.807, 2.05) is 24.3 Å². The van der Waals surface area contributed by atoms with Crippen LogP contribution in [0.4, 0.5) is 5.69 Å². The lowest BCUT2D eigenvalue weighted by Crippen LogP contribution is -2.41. The fourth-order valence-corrected chi connectivity index (χ4v) is 5.75. The van der Waals surface area contributed by atoms with Gasteiger partial charge in [0, 0.05) is 22.3 Å². The van der Waals surface area contributed by atoms with Crippen molar-refractivity contribution in [3.8, 4) is 5.75 Å². The smallest absolute Gasteiger partial charge is 0.264 e. The number of amides is 1. The molecule has 0 atom stereocenters. The second kappa shape index (κ2) is 13.1. The summed E-state index contributed by atoms with van der Waals surface area (Å²) in [6.45, 7) is 0.0946. The first-order valence-corrected chi connectivity index (χ1v) is 14.2. The summed E-state index contributed by atoms with van der Waals surface area (Å²) in [6.07, 6.45) is 0.760. The Labute approximate surface area is 220 Å². The average Bonchev–Trinajstić information content (AvgIpc) is 2.86. The monoisotopic (exact) mass is 552 g/mol. The minimum Gasteiger partial charge on any atom is -0.497 e. The maximum atomic E-state index is 13.4. The maximum Gasteiger partial charge on any atom is 0.264 e. The van der Waals surface area contributed by atoms with Crippen LogP contribution >= 0.6 is 35.0 Å².